The molecule has 3 heterocycles. The monoisotopic (exact) mass is 289 g/mol. The van der Waals surface area contributed by atoms with Crippen LogP contribution in [0.2, 0.25) is 0 Å². The summed E-state index contributed by atoms with van der Waals surface area (Å²) in [5.41, 5.74) is 2.37. The molecule has 1 fully saturated rings. The summed E-state index contributed by atoms with van der Waals surface area (Å²) < 4.78 is 1.63. The minimum absolute atomic E-state index is 0.00130. The third-order valence-corrected chi connectivity index (χ3v) is 3.84. The van der Waals surface area contributed by atoms with Gasteiger partial charge in [0.05, 0.1) is 23.5 Å². The quantitative estimate of drug-likeness (QED) is 0.865. The molecule has 1 aliphatic heterocycles. The first kappa shape index (κ1) is 13.8. The number of H-pyrrole nitrogens is 1. The number of rotatable bonds is 4. The zero-order valence-electron chi connectivity index (χ0n) is 12.0. The van der Waals surface area contributed by atoms with E-state index in [-0.39, 0.29) is 18.6 Å². The molecule has 7 nitrogen and oxygen atoms in total. The van der Waals surface area contributed by atoms with Crippen molar-refractivity contribution in [1.29, 1.82) is 0 Å². The van der Waals surface area contributed by atoms with Gasteiger partial charge in [-0.1, -0.05) is 0 Å². The van der Waals surface area contributed by atoms with Gasteiger partial charge in [0, 0.05) is 38.5 Å². The minimum atomic E-state index is -0.00249. The van der Waals surface area contributed by atoms with Crippen LogP contribution in [0.5, 0.6) is 0 Å². The summed E-state index contributed by atoms with van der Waals surface area (Å²) in [4.78, 5) is 14.4. The molecule has 1 atom stereocenters. The Labute approximate surface area is 122 Å². The second-order valence-corrected chi connectivity index (χ2v) is 5.35. The Hall–Kier alpha value is -2.15. The molecule has 0 unspecified atom stereocenters. The lowest BCUT2D eigenvalue weighted by Gasteiger charge is -2.22. The van der Waals surface area contributed by atoms with Crippen molar-refractivity contribution in [3.63, 3.8) is 0 Å². The molecule has 0 bridgehead atoms. The first-order chi connectivity index (χ1) is 10.2. The van der Waals surface area contributed by atoms with Crippen molar-refractivity contribution in [2.45, 2.75) is 25.3 Å². The molecule has 2 N–H and O–H groups in total. The van der Waals surface area contributed by atoms with Gasteiger partial charge < -0.3 is 10.0 Å². The summed E-state index contributed by atoms with van der Waals surface area (Å²) in [6, 6.07) is 1.94. The number of hydrogen-bond acceptors (Lipinski definition) is 4. The molecule has 2 aromatic rings. The fourth-order valence-corrected chi connectivity index (χ4v) is 2.81. The minimum Gasteiger partial charge on any atom is -0.396 e. The number of likely N-dealkylation sites (tertiary alicyclic amines) is 1. The smallest absolute Gasteiger partial charge is 0.257 e. The first-order valence-corrected chi connectivity index (χ1v) is 7.13. The van der Waals surface area contributed by atoms with Gasteiger partial charge in [0.25, 0.3) is 5.91 Å². The summed E-state index contributed by atoms with van der Waals surface area (Å²) >= 11 is 0. The van der Waals surface area contributed by atoms with E-state index in [0.717, 1.165) is 30.8 Å². The number of aliphatic hydroxyl groups is 1. The van der Waals surface area contributed by atoms with E-state index in [4.69, 9.17) is 5.11 Å². The number of carbonyl (C=O) groups is 1. The molecule has 0 saturated carbocycles. The van der Waals surface area contributed by atoms with Crippen LogP contribution in [0.3, 0.4) is 0 Å². The van der Waals surface area contributed by atoms with Crippen molar-refractivity contribution < 1.29 is 9.90 Å². The summed E-state index contributed by atoms with van der Waals surface area (Å²) in [6.07, 6.45) is 5.77. The molecular formula is C14H19N5O2. The number of aliphatic hydroxyl groups excluding tert-OH is 1. The van der Waals surface area contributed by atoms with Crippen LogP contribution in [0.15, 0.2) is 18.5 Å². The van der Waals surface area contributed by atoms with Crippen molar-refractivity contribution in [3.8, 4) is 0 Å². The Bertz CT molecular complexity index is 633. The molecular weight excluding hydrogens is 270 g/mol. The van der Waals surface area contributed by atoms with E-state index in [0.29, 0.717) is 12.0 Å². The van der Waals surface area contributed by atoms with Crippen LogP contribution in [0.25, 0.3) is 0 Å². The number of amides is 1. The summed E-state index contributed by atoms with van der Waals surface area (Å²) in [5.74, 6) is -0.00249. The molecule has 112 valence electrons. The Morgan fingerprint density at radius 1 is 1.57 bits per heavy atom. The van der Waals surface area contributed by atoms with Gasteiger partial charge in [0.15, 0.2) is 0 Å². The van der Waals surface area contributed by atoms with Crippen molar-refractivity contribution in [1.82, 2.24) is 24.9 Å². The number of aromatic amines is 1. The van der Waals surface area contributed by atoms with Crippen LogP contribution in [-0.4, -0.2) is 49.0 Å². The summed E-state index contributed by atoms with van der Waals surface area (Å²) in [7, 11) is 1.80. The fourth-order valence-electron chi connectivity index (χ4n) is 2.81. The maximum absolute atomic E-state index is 12.6. The zero-order chi connectivity index (χ0) is 14.8. The highest BCUT2D eigenvalue weighted by Gasteiger charge is 2.32. The van der Waals surface area contributed by atoms with Crippen LogP contribution in [0, 0.1) is 0 Å². The number of nitrogens with one attached hydrogen (secondary N) is 1. The van der Waals surface area contributed by atoms with Gasteiger partial charge in [-0.05, 0) is 18.9 Å². The normalized spacial score (nSPS) is 18.4. The summed E-state index contributed by atoms with van der Waals surface area (Å²) in [6.45, 7) is 0.825. The highest BCUT2D eigenvalue weighted by atomic mass is 16.3. The standard InChI is InChI=1S/C14H19N5O2/c1-18-9-10(8-15-18)14(21)19-5-2-3-13(19)12-7-11(4-6-20)16-17-12/h7-9,13,20H,2-6H2,1H3,(H,16,17)/t13-/m1/s1. The van der Waals surface area contributed by atoms with Crippen molar-refractivity contribution in [2.75, 3.05) is 13.2 Å². The van der Waals surface area contributed by atoms with Gasteiger partial charge in [0.1, 0.15) is 0 Å². The van der Waals surface area contributed by atoms with Gasteiger partial charge in [-0.15, -0.1) is 0 Å². The van der Waals surface area contributed by atoms with Crippen molar-refractivity contribution in [2.24, 2.45) is 7.05 Å². The van der Waals surface area contributed by atoms with Gasteiger partial charge in [0.2, 0.25) is 0 Å². The van der Waals surface area contributed by atoms with Crippen LogP contribution in [0.4, 0.5) is 0 Å². The molecule has 0 radical (unpaired) electrons. The Kier molecular flexibility index (Phi) is 3.74. The number of carbonyl (C=O) groups excluding carboxylic acids is 1. The van der Waals surface area contributed by atoms with Crippen molar-refractivity contribution >= 4 is 5.91 Å². The van der Waals surface area contributed by atoms with E-state index in [2.05, 4.69) is 15.3 Å². The van der Waals surface area contributed by atoms with Crippen molar-refractivity contribution in [3.05, 3.63) is 35.4 Å². The Balaban J connectivity index is 1.79. The topological polar surface area (TPSA) is 87.0 Å². The van der Waals surface area contributed by atoms with E-state index >= 15 is 0 Å². The van der Waals surface area contributed by atoms with Crippen LogP contribution < -0.4 is 0 Å². The zero-order valence-corrected chi connectivity index (χ0v) is 12.0. The van der Waals surface area contributed by atoms with Gasteiger partial charge >= 0.3 is 0 Å². The third-order valence-electron chi connectivity index (χ3n) is 3.84. The highest BCUT2D eigenvalue weighted by molar-refractivity contribution is 5.94. The number of hydrogen-bond donors (Lipinski definition) is 2. The van der Waals surface area contributed by atoms with E-state index in [1.54, 1.807) is 24.1 Å². The lowest BCUT2D eigenvalue weighted by Crippen LogP contribution is -2.30. The van der Waals surface area contributed by atoms with Gasteiger partial charge in [-0.2, -0.15) is 10.2 Å². The largest absolute Gasteiger partial charge is 0.396 e. The number of aryl methyl sites for hydroxylation is 1. The summed E-state index contributed by atoms with van der Waals surface area (Å²) in [5, 5.41) is 20.2. The Morgan fingerprint density at radius 3 is 3.14 bits per heavy atom. The Morgan fingerprint density at radius 2 is 2.43 bits per heavy atom. The lowest BCUT2D eigenvalue weighted by molar-refractivity contribution is 0.0733. The van der Waals surface area contributed by atoms with Crippen LogP contribution in [0.1, 0.15) is 40.6 Å². The van der Waals surface area contributed by atoms with E-state index in [1.807, 2.05) is 11.0 Å². The molecule has 0 aromatic carbocycles. The molecule has 1 aliphatic rings. The number of nitrogens with zero attached hydrogens (tertiary/aromatic N) is 4. The molecule has 0 spiro atoms. The SMILES string of the molecule is Cn1cc(C(=O)N2CCC[C@@H]2c2cc(CCO)[nH]n2)cn1. The molecule has 0 aliphatic carbocycles. The van der Waals surface area contributed by atoms with E-state index in [9.17, 15) is 4.79 Å². The predicted octanol–water partition coefficient (Wildman–Crippen LogP) is 0.655. The fraction of sp³-hybridized carbons (Fsp3) is 0.500. The number of aromatic nitrogens is 4. The molecule has 3 rings (SSSR count). The molecule has 7 heteroatoms. The molecule has 1 amide bonds. The first-order valence-electron chi connectivity index (χ1n) is 7.13. The second-order valence-electron chi connectivity index (χ2n) is 5.35. The maximum Gasteiger partial charge on any atom is 0.257 e. The van der Waals surface area contributed by atoms with Gasteiger partial charge in [-0.3, -0.25) is 14.6 Å². The van der Waals surface area contributed by atoms with Crippen LogP contribution >= 0.6 is 0 Å². The maximum atomic E-state index is 12.6. The third kappa shape index (κ3) is 2.69. The van der Waals surface area contributed by atoms with E-state index in [1.165, 1.54) is 0 Å². The van der Waals surface area contributed by atoms with E-state index < -0.39 is 0 Å². The molecule has 21 heavy (non-hydrogen) atoms. The highest BCUT2D eigenvalue weighted by Crippen LogP contribution is 2.32. The predicted molar refractivity (Wildman–Crippen MR) is 75.6 cm³/mol. The molecule has 1 saturated heterocycles. The van der Waals surface area contributed by atoms with Crippen LogP contribution in [-0.2, 0) is 13.5 Å². The average Bonchev–Trinajstić information content (AvgIpc) is 3.17. The average molecular weight is 289 g/mol. The van der Waals surface area contributed by atoms with Gasteiger partial charge in [-0.25, -0.2) is 0 Å². The lowest BCUT2D eigenvalue weighted by atomic mass is 10.1. The molecule has 2 aromatic heterocycles. The second kappa shape index (κ2) is 5.69.